The molecular formula is C30H30Cl2F2N2O9S. The maximum Gasteiger partial charge on any atom is 0.387 e. The van der Waals surface area contributed by atoms with Gasteiger partial charge in [0, 0.05) is 0 Å². The predicted molar refractivity (Wildman–Crippen MR) is 164 cm³/mol. The zero-order valence-electron chi connectivity index (χ0n) is 24.4. The van der Waals surface area contributed by atoms with E-state index in [1.165, 1.54) is 48.8 Å². The van der Waals surface area contributed by atoms with Gasteiger partial charge in [0.1, 0.15) is 36.1 Å². The van der Waals surface area contributed by atoms with Crippen LogP contribution in [-0.2, 0) is 14.8 Å². The zero-order chi connectivity index (χ0) is 32.8. The smallest absolute Gasteiger partial charge is 0.387 e. The number of ether oxygens (including phenoxy) is 4. The fourth-order valence-electron chi connectivity index (χ4n) is 4.58. The van der Waals surface area contributed by atoms with Gasteiger partial charge in [-0.25, -0.2) is 13.2 Å². The summed E-state index contributed by atoms with van der Waals surface area (Å²) >= 11 is 11.5. The highest BCUT2D eigenvalue weighted by Gasteiger charge is 2.29. The Labute approximate surface area is 274 Å². The van der Waals surface area contributed by atoms with Crippen molar-refractivity contribution in [1.29, 1.82) is 0 Å². The Hall–Kier alpha value is -3.75. The molecule has 16 heteroatoms. The number of pyridine rings is 1. The number of aromatic nitrogens is 1. The second-order valence-electron chi connectivity index (χ2n) is 11.0. The van der Waals surface area contributed by atoms with E-state index in [2.05, 4.69) is 14.4 Å². The summed E-state index contributed by atoms with van der Waals surface area (Å²) in [7, 11) is -3.71. The number of alkyl halides is 2. The van der Waals surface area contributed by atoms with Gasteiger partial charge in [0.15, 0.2) is 23.0 Å². The summed E-state index contributed by atoms with van der Waals surface area (Å²) < 4.78 is 84.8. The average Bonchev–Trinajstić information content (AvgIpc) is 3.95. The van der Waals surface area contributed by atoms with E-state index in [0.29, 0.717) is 30.6 Å². The molecule has 46 heavy (non-hydrogen) atoms. The van der Waals surface area contributed by atoms with Crippen molar-refractivity contribution in [3.05, 3.63) is 65.5 Å². The summed E-state index contributed by atoms with van der Waals surface area (Å²) in [5.41, 5.74) is 0.743. The van der Waals surface area contributed by atoms with Crippen LogP contribution in [0.1, 0.15) is 53.1 Å². The van der Waals surface area contributed by atoms with E-state index in [-0.39, 0.29) is 52.2 Å². The number of esters is 1. The molecule has 2 aliphatic carbocycles. The second kappa shape index (κ2) is 14.8. The molecule has 0 bridgehead atoms. The van der Waals surface area contributed by atoms with Crippen LogP contribution < -0.4 is 27.5 Å². The minimum absolute atomic E-state index is 0.0195. The van der Waals surface area contributed by atoms with Crippen molar-refractivity contribution in [2.45, 2.75) is 38.2 Å². The van der Waals surface area contributed by atoms with Crippen molar-refractivity contribution in [2.75, 3.05) is 30.8 Å². The van der Waals surface area contributed by atoms with E-state index in [4.69, 9.17) is 46.5 Å². The Kier molecular flexibility index (Phi) is 10.8. The lowest BCUT2D eigenvalue weighted by Gasteiger charge is -2.22. The SMILES string of the molecule is CS(=O)(=O)Nc1cc(C(=O)OCC(c2ccc(OC(F)F)c(OCC3CC3)c2)c2c(OCl)cncc2OCl)ccc1OCC1CC1. The summed E-state index contributed by atoms with van der Waals surface area (Å²) in [5, 5.41) is 0. The maximum atomic E-state index is 13.4. The first kappa shape index (κ1) is 33.6. The normalized spacial score (nSPS) is 15.2. The van der Waals surface area contributed by atoms with Gasteiger partial charge in [-0.3, -0.25) is 9.71 Å². The summed E-state index contributed by atoms with van der Waals surface area (Å²) in [6.07, 6.45) is 7.54. The van der Waals surface area contributed by atoms with Gasteiger partial charge in [0.05, 0.1) is 54.6 Å². The quantitative estimate of drug-likeness (QED) is 0.152. The number of nitrogens with one attached hydrogen (secondary N) is 1. The molecule has 2 saturated carbocycles. The third-order valence-corrected chi connectivity index (χ3v) is 8.17. The van der Waals surface area contributed by atoms with Crippen LogP contribution in [0.3, 0.4) is 0 Å². The van der Waals surface area contributed by atoms with Gasteiger partial charge in [0.25, 0.3) is 0 Å². The Morgan fingerprint density at radius 1 is 0.913 bits per heavy atom. The molecule has 1 heterocycles. The molecule has 2 fully saturated rings. The molecule has 2 aromatic carbocycles. The van der Waals surface area contributed by atoms with Crippen LogP contribution in [0, 0.1) is 11.8 Å². The number of benzene rings is 2. The maximum absolute atomic E-state index is 13.4. The Bertz CT molecular complexity index is 1640. The number of hydrogen-bond donors (Lipinski definition) is 1. The van der Waals surface area contributed by atoms with Crippen molar-refractivity contribution < 1.29 is 49.5 Å². The number of sulfonamides is 1. The number of rotatable bonds is 17. The molecule has 5 rings (SSSR count). The van der Waals surface area contributed by atoms with Crippen molar-refractivity contribution >= 4 is 45.4 Å². The lowest BCUT2D eigenvalue weighted by atomic mass is 9.91. The third kappa shape index (κ3) is 9.17. The van der Waals surface area contributed by atoms with Crippen LogP contribution in [0.25, 0.3) is 0 Å². The van der Waals surface area contributed by atoms with E-state index >= 15 is 0 Å². The van der Waals surface area contributed by atoms with Gasteiger partial charge in [-0.2, -0.15) is 8.78 Å². The average molecular weight is 704 g/mol. The molecule has 3 aromatic rings. The Balaban J connectivity index is 1.46. The number of halogens is 4. The lowest BCUT2D eigenvalue weighted by molar-refractivity contribution is -0.0515. The molecule has 0 amide bonds. The molecule has 11 nitrogen and oxygen atoms in total. The molecule has 0 aliphatic heterocycles. The third-order valence-electron chi connectivity index (χ3n) is 7.25. The van der Waals surface area contributed by atoms with Gasteiger partial charge >= 0.3 is 12.6 Å². The molecule has 248 valence electrons. The fourth-order valence-corrected chi connectivity index (χ4v) is 5.39. The first-order valence-electron chi connectivity index (χ1n) is 14.2. The van der Waals surface area contributed by atoms with Gasteiger partial charge in [-0.05, 0) is 73.4 Å². The van der Waals surface area contributed by atoms with E-state index in [9.17, 15) is 22.0 Å². The highest BCUT2D eigenvalue weighted by molar-refractivity contribution is 7.92. The Morgan fingerprint density at radius 3 is 2.09 bits per heavy atom. The second-order valence-corrected chi connectivity index (χ2v) is 13.1. The lowest BCUT2D eigenvalue weighted by Crippen LogP contribution is -2.17. The first-order chi connectivity index (χ1) is 22.0. The molecule has 2 aliphatic rings. The highest BCUT2D eigenvalue weighted by Crippen LogP contribution is 2.43. The highest BCUT2D eigenvalue weighted by atomic mass is 35.5. The van der Waals surface area contributed by atoms with E-state index in [0.717, 1.165) is 31.9 Å². The molecule has 1 unspecified atom stereocenters. The number of anilines is 1. The van der Waals surface area contributed by atoms with Crippen molar-refractivity contribution in [3.8, 4) is 28.7 Å². The molecule has 1 N–H and O–H groups in total. The van der Waals surface area contributed by atoms with E-state index in [1.54, 1.807) is 0 Å². The van der Waals surface area contributed by atoms with E-state index in [1.807, 2.05) is 0 Å². The number of carbonyl (C=O) groups is 1. The summed E-state index contributed by atoms with van der Waals surface area (Å²) in [5.74, 6) is -0.835. The Morgan fingerprint density at radius 2 is 1.52 bits per heavy atom. The van der Waals surface area contributed by atoms with Crippen LogP contribution in [-0.4, -0.2) is 52.1 Å². The van der Waals surface area contributed by atoms with Crippen molar-refractivity contribution in [3.63, 3.8) is 0 Å². The van der Waals surface area contributed by atoms with Crippen LogP contribution in [0.2, 0.25) is 0 Å². The van der Waals surface area contributed by atoms with Crippen molar-refractivity contribution in [2.24, 2.45) is 11.8 Å². The van der Waals surface area contributed by atoms with Crippen LogP contribution in [0.15, 0.2) is 48.8 Å². The monoisotopic (exact) mass is 702 g/mol. The van der Waals surface area contributed by atoms with E-state index < -0.39 is 28.5 Å². The largest absolute Gasteiger partial charge is 0.491 e. The molecule has 1 atom stereocenters. The number of hydrogen-bond acceptors (Lipinski definition) is 10. The van der Waals surface area contributed by atoms with Crippen LogP contribution in [0.4, 0.5) is 14.5 Å². The summed E-state index contributed by atoms with van der Waals surface area (Å²) in [4.78, 5) is 17.3. The fraction of sp³-hybridized carbons (Fsp3) is 0.400. The van der Waals surface area contributed by atoms with Gasteiger partial charge < -0.3 is 27.5 Å². The van der Waals surface area contributed by atoms with Gasteiger partial charge in [-0.1, -0.05) is 6.07 Å². The standard InChI is InChI=1S/C30H30Cl2F2N2O9S/c1-46(38,39)36-22-10-20(7-8-23(22)40-14-17-2-3-17)29(37)42-16-21(28-26(44-31)12-35-13-27(28)45-32)19-6-9-24(43-30(33)34)25(11-19)41-15-18-4-5-18/h6-13,17-18,21,30,36H,2-5,14-16H2,1H3. The zero-order valence-corrected chi connectivity index (χ0v) is 26.7. The number of carbonyl (C=O) groups excluding carboxylic acids is 1. The summed E-state index contributed by atoms with van der Waals surface area (Å²) in [6.45, 7) is -2.74. The van der Waals surface area contributed by atoms with Gasteiger partial charge in [-0.15, -0.1) is 0 Å². The van der Waals surface area contributed by atoms with Crippen LogP contribution >= 0.6 is 23.7 Å². The molecule has 0 saturated heterocycles. The van der Waals surface area contributed by atoms with Crippen LogP contribution in [0.5, 0.6) is 28.7 Å². The van der Waals surface area contributed by atoms with Crippen molar-refractivity contribution in [1.82, 2.24) is 4.98 Å². The predicted octanol–water partition coefficient (Wildman–Crippen LogP) is 6.69. The number of nitrogens with zero attached hydrogens (tertiary/aromatic N) is 1. The first-order valence-corrected chi connectivity index (χ1v) is 16.7. The molecular weight excluding hydrogens is 673 g/mol. The van der Waals surface area contributed by atoms with Gasteiger partial charge in [0.2, 0.25) is 10.0 Å². The molecule has 1 aromatic heterocycles. The minimum atomic E-state index is -3.71. The topological polar surface area (TPSA) is 132 Å². The molecule has 0 spiro atoms. The molecule has 0 radical (unpaired) electrons. The summed E-state index contributed by atoms with van der Waals surface area (Å²) in [6, 6.07) is 8.52. The minimum Gasteiger partial charge on any atom is -0.491 e.